The summed E-state index contributed by atoms with van der Waals surface area (Å²) < 4.78 is 2.23. The molecule has 2 rings (SSSR count). The lowest BCUT2D eigenvalue weighted by Gasteiger charge is -2.10. The first-order chi connectivity index (χ1) is 9.25. The summed E-state index contributed by atoms with van der Waals surface area (Å²) in [5.41, 5.74) is 0. The largest absolute Gasteiger partial charge is 0.333 e. The van der Waals surface area contributed by atoms with E-state index in [-0.39, 0.29) is 0 Å². The molecule has 1 aromatic heterocycles. The average Bonchev–Trinajstić information content (AvgIpc) is 2.85. The zero-order valence-corrected chi connectivity index (χ0v) is 12.4. The van der Waals surface area contributed by atoms with Crippen molar-refractivity contribution in [2.45, 2.75) is 37.9 Å². The Bertz CT molecular complexity index is 479. The number of benzene rings is 1. The number of aryl methyl sites for hydroxylation is 1. The molecule has 1 aromatic carbocycles. The van der Waals surface area contributed by atoms with Crippen LogP contribution in [0.5, 0.6) is 0 Å². The number of rotatable bonds is 7. The van der Waals surface area contributed by atoms with Crippen LogP contribution < -0.4 is 5.32 Å². The molecule has 2 aromatic rings. The lowest BCUT2D eigenvalue weighted by Crippen LogP contribution is -2.24. The first-order valence-electron chi connectivity index (χ1n) is 6.67. The van der Waals surface area contributed by atoms with Crippen LogP contribution in [0.4, 0.5) is 0 Å². The number of aromatic nitrogens is 2. The third-order valence-corrected chi connectivity index (χ3v) is 3.81. The normalized spacial score (nSPS) is 11.1. The van der Waals surface area contributed by atoms with Gasteiger partial charge in [0, 0.05) is 35.6 Å². The van der Waals surface area contributed by atoms with Crippen LogP contribution in [-0.2, 0) is 13.1 Å². The summed E-state index contributed by atoms with van der Waals surface area (Å²) in [6, 6.07) is 11.0. The fraction of sp³-hybridized carbons (Fsp3) is 0.400. The fourth-order valence-electron chi connectivity index (χ4n) is 1.78. The van der Waals surface area contributed by atoms with Crippen molar-refractivity contribution in [2.75, 3.05) is 5.75 Å². The third-order valence-electron chi connectivity index (χ3n) is 2.81. The van der Waals surface area contributed by atoms with Crippen molar-refractivity contribution in [3.8, 4) is 0 Å². The molecule has 4 heteroatoms. The highest BCUT2D eigenvalue weighted by molar-refractivity contribution is 7.99. The van der Waals surface area contributed by atoms with Crippen LogP contribution in [0.3, 0.4) is 0 Å². The third kappa shape index (κ3) is 4.73. The van der Waals surface area contributed by atoms with Crippen LogP contribution >= 0.6 is 11.8 Å². The fourth-order valence-corrected chi connectivity index (χ4v) is 2.66. The lowest BCUT2D eigenvalue weighted by atomic mass is 10.4. The maximum absolute atomic E-state index is 4.41. The second-order valence-electron chi connectivity index (χ2n) is 4.73. The van der Waals surface area contributed by atoms with Crippen molar-refractivity contribution in [3.05, 3.63) is 48.5 Å². The van der Waals surface area contributed by atoms with E-state index in [0.29, 0.717) is 6.04 Å². The average molecular weight is 275 g/mol. The van der Waals surface area contributed by atoms with Crippen LogP contribution in [0.15, 0.2) is 47.6 Å². The van der Waals surface area contributed by atoms with E-state index < -0.39 is 0 Å². The molecule has 0 bridgehead atoms. The van der Waals surface area contributed by atoms with Crippen molar-refractivity contribution >= 4 is 11.8 Å². The first-order valence-corrected chi connectivity index (χ1v) is 7.65. The van der Waals surface area contributed by atoms with Crippen LogP contribution in [0.1, 0.15) is 19.7 Å². The minimum Gasteiger partial charge on any atom is -0.333 e. The molecule has 1 N–H and O–H groups in total. The van der Waals surface area contributed by atoms with Crippen LogP contribution in [0, 0.1) is 0 Å². The van der Waals surface area contributed by atoms with Crippen molar-refractivity contribution in [1.82, 2.24) is 14.9 Å². The summed E-state index contributed by atoms with van der Waals surface area (Å²) in [7, 11) is 0. The van der Waals surface area contributed by atoms with E-state index in [9.17, 15) is 0 Å². The number of hydrogen-bond acceptors (Lipinski definition) is 3. The van der Waals surface area contributed by atoms with Gasteiger partial charge in [0.2, 0.25) is 0 Å². The Morgan fingerprint density at radius 2 is 2.05 bits per heavy atom. The van der Waals surface area contributed by atoms with Crippen molar-refractivity contribution in [2.24, 2.45) is 0 Å². The Labute approximate surface area is 119 Å². The molecule has 0 saturated heterocycles. The second-order valence-corrected chi connectivity index (χ2v) is 5.90. The van der Waals surface area contributed by atoms with Crippen molar-refractivity contribution in [3.63, 3.8) is 0 Å². The van der Waals surface area contributed by atoms with Gasteiger partial charge in [-0.15, -0.1) is 11.8 Å². The summed E-state index contributed by atoms with van der Waals surface area (Å²) in [6.07, 6.45) is 3.94. The van der Waals surface area contributed by atoms with Crippen LogP contribution in [0.25, 0.3) is 0 Å². The van der Waals surface area contributed by atoms with E-state index in [4.69, 9.17) is 0 Å². The highest BCUT2D eigenvalue weighted by atomic mass is 32.2. The van der Waals surface area contributed by atoms with Gasteiger partial charge in [-0.25, -0.2) is 4.98 Å². The highest BCUT2D eigenvalue weighted by Crippen LogP contribution is 2.17. The topological polar surface area (TPSA) is 29.9 Å². The molecular formula is C15H21N3S. The molecule has 102 valence electrons. The molecular weight excluding hydrogens is 254 g/mol. The second kappa shape index (κ2) is 7.36. The van der Waals surface area contributed by atoms with Gasteiger partial charge in [0.25, 0.3) is 0 Å². The number of nitrogens with one attached hydrogen (secondary N) is 1. The van der Waals surface area contributed by atoms with Crippen molar-refractivity contribution in [1.29, 1.82) is 0 Å². The molecule has 0 aliphatic heterocycles. The summed E-state index contributed by atoms with van der Waals surface area (Å²) in [6.45, 7) is 6.13. The van der Waals surface area contributed by atoms with E-state index in [2.05, 4.69) is 65.2 Å². The number of thioether (sulfide) groups is 1. The monoisotopic (exact) mass is 275 g/mol. The molecule has 0 spiro atoms. The maximum atomic E-state index is 4.41. The molecule has 0 aliphatic rings. The zero-order valence-electron chi connectivity index (χ0n) is 11.5. The zero-order chi connectivity index (χ0) is 13.5. The molecule has 0 aliphatic carbocycles. The van der Waals surface area contributed by atoms with E-state index >= 15 is 0 Å². The minimum absolute atomic E-state index is 0.490. The number of imidazole rings is 1. The van der Waals surface area contributed by atoms with Gasteiger partial charge >= 0.3 is 0 Å². The van der Waals surface area contributed by atoms with E-state index in [0.717, 1.165) is 24.7 Å². The SMILES string of the molecule is CC(C)NCc1nccn1CCSc1ccccc1. The van der Waals surface area contributed by atoms with Gasteiger partial charge in [-0.1, -0.05) is 32.0 Å². The summed E-state index contributed by atoms with van der Waals surface area (Å²) in [4.78, 5) is 5.73. The Morgan fingerprint density at radius 1 is 1.26 bits per heavy atom. The van der Waals surface area contributed by atoms with E-state index in [1.54, 1.807) is 0 Å². The molecule has 0 atom stereocenters. The Balaban J connectivity index is 1.81. The molecule has 0 fully saturated rings. The van der Waals surface area contributed by atoms with Gasteiger partial charge in [-0.2, -0.15) is 0 Å². The van der Waals surface area contributed by atoms with Crippen molar-refractivity contribution < 1.29 is 0 Å². The van der Waals surface area contributed by atoms with Crippen LogP contribution in [0.2, 0.25) is 0 Å². The predicted octanol–water partition coefficient (Wildman–Crippen LogP) is 3.17. The quantitative estimate of drug-likeness (QED) is 0.787. The van der Waals surface area contributed by atoms with Gasteiger partial charge in [0.15, 0.2) is 0 Å². The molecule has 19 heavy (non-hydrogen) atoms. The molecule has 0 radical (unpaired) electrons. The Kier molecular flexibility index (Phi) is 5.48. The minimum atomic E-state index is 0.490. The molecule has 3 nitrogen and oxygen atoms in total. The summed E-state index contributed by atoms with van der Waals surface area (Å²) in [5.74, 6) is 2.18. The summed E-state index contributed by atoms with van der Waals surface area (Å²) >= 11 is 1.88. The standard InChI is InChI=1S/C15H21N3S/c1-13(2)17-12-15-16-8-9-18(15)10-11-19-14-6-4-3-5-7-14/h3-9,13,17H,10-12H2,1-2H3. The Morgan fingerprint density at radius 3 is 2.79 bits per heavy atom. The first kappa shape index (κ1) is 14.2. The van der Waals surface area contributed by atoms with E-state index in [1.165, 1.54) is 4.90 Å². The number of nitrogens with zero attached hydrogens (tertiary/aromatic N) is 2. The van der Waals surface area contributed by atoms with Gasteiger partial charge < -0.3 is 9.88 Å². The highest BCUT2D eigenvalue weighted by Gasteiger charge is 2.03. The summed E-state index contributed by atoms with van der Waals surface area (Å²) in [5, 5.41) is 3.41. The Hall–Kier alpha value is -1.26. The molecule has 0 unspecified atom stereocenters. The van der Waals surface area contributed by atoms with Gasteiger partial charge in [0.05, 0.1) is 6.54 Å². The van der Waals surface area contributed by atoms with Gasteiger partial charge in [0.1, 0.15) is 5.82 Å². The van der Waals surface area contributed by atoms with Gasteiger partial charge in [-0.3, -0.25) is 0 Å². The number of hydrogen-bond donors (Lipinski definition) is 1. The lowest BCUT2D eigenvalue weighted by molar-refractivity contribution is 0.552. The molecule has 0 saturated carbocycles. The predicted molar refractivity (Wildman–Crippen MR) is 81.4 cm³/mol. The molecule has 0 amide bonds. The molecule has 1 heterocycles. The van der Waals surface area contributed by atoms with Gasteiger partial charge in [-0.05, 0) is 12.1 Å². The van der Waals surface area contributed by atoms with Crippen LogP contribution in [-0.4, -0.2) is 21.3 Å². The van der Waals surface area contributed by atoms with E-state index in [1.807, 2.05) is 18.0 Å². The maximum Gasteiger partial charge on any atom is 0.122 e. The smallest absolute Gasteiger partial charge is 0.122 e.